The number of hydrogen-bond acceptors (Lipinski definition) is 2. The van der Waals surface area contributed by atoms with Crippen molar-refractivity contribution in [2.75, 3.05) is 13.6 Å². The molecular formula is C9H16N2. The molecule has 1 saturated heterocycles. The van der Waals surface area contributed by atoms with Crippen LogP contribution in [0.3, 0.4) is 0 Å². The molecule has 3 atom stereocenters. The van der Waals surface area contributed by atoms with Crippen LogP contribution in [0, 0.1) is 5.92 Å². The van der Waals surface area contributed by atoms with Crippen LogP contribution in [0.25, 0.3) is 0 Å². The maximum Gasteiger partial charge on any atom is 0.0496 e. The van der Waals surface area contributed by atoms with Gasteiger partial charge in [-0.25, -0.2) is 0 Å². The van der Waals surface area contributed by atoms with Crippen molar-refractivity contribution >= 4 is 0 Å². The number of likely N-dealkylation sites (tertiary alicyclic amines) is 1. The van der Waals surface area contributed by atoms with Crippen LogP contribution in [0.2, 0.25) is 0 Å². The van der Waals surface area contributed by atoms with Crippen molar-refractivity contribution < 1.29 is 0 Å². The summed E-state index contributed by atoms with van der Waals surface area (Å²) in [6, 6.07) is 1.33. The molecule has 0 bridgehead atoms. The van der Waals surface area contributed by atoms with E-state index < -0.39 is 0 Å². The molecule has 2 rings (SSSR count). The van der Waals surface area contributed by atoms with E-state index in [9.17, 15) is 0 Å². The molecule has 0 radical (unpaired) electrons. The van der Waals surface area contributed by atoms with E-state index >= 15 is 0 Å². The van der Waals surface area contributed by atoms with Gasteiger partial charge in [-0.1, -0.05) is 6.92 Å². The van der Waals surface area contributed by atoms with Crippen molar-refractivity contribution in [1.82, 2.24) is 10.2 Å². The second-order valence-corrected chi connectivity index (χ2v) is 3.79. The smallest absolute Gasteiger partial charge is 0.0496 e. The topological polar surface area (TPSA) is 15.3 Å². The van der Waals surface area contributed by atoms with Gasteiger partial charge in [0.15, 0.2) is 0 Å². The van der Waals surface area contributed by atoms with E-state index in [1.165, 1.54) is 13.0 Å². The summed E-state index contributed by atoms with van der Waals surface area (Å²) in [6.07, 6.45) is 5.71. The summed E-state index contributed by atoms with van der Waals surface area (Å²) in [4.78, 5) is 2.43. The first-order valence-electron chi connectivity index (χ1n) is 4.42. The Morgan fingerprint density at radius 2 is 2.36 bits per heavy atom. The van der Waals surface area contributed by atoms with Crippen molar-refractivity contribution in [1.29, 1.82) is 0 Å². The number of rotatable bonds is 0. The van der Waals surface area contributed by atoms with Crippen molar-refractivity contribution in [2.45, 2.75) is 25.4 Å². The summed E-state index contributed by atoms with van der Waals surface area (Å²) in [7, 11) is 2.21. The summed E-state index contributed by atoms with van der Waals surface area (Å²) < 4.78 is 0. The molecule has 2 heterocycles. The molecule has 11 heavy (non-hydrogen) atoms. The van der Waals surface area contributed by atoms with Gasteiger partial charge in [-0.15, -0.1) is 0 Å². The van der Waals surface area contributed by atoms with E-state index in [0.717, 1.165) is 5.92 Å². The Hall–Kier alpha value is -0.500. The van der Waals surface area contributed by atoms with Crippen LogP contribution in [0.1, 0.15) is 13.3 Å². The zero-order valence-corrected chi connectivity index (χ0v) is 7.25. The second-order valence-electron chi connectivity index (χ2n) is 3.79. The Labute approximate surface area is 68.3 Å². The summed E-state index contributed by atoms with van der Waals surface area (Å²) in [5.41, 5.74) is 0. The van der Waals surface area contributed by atoms with Crippen LogP contribution in [-0.4, -0.2) is 30.6 Å². The first-order chi connectivity index (χ1) is 5.29. The van der Waals surface area contributed by atoms with Gasteiger partial charge in [-0.2, -0.15) is 0 Å². The Kier molecular flexibility index (Phi) is 1.64. The molecule has 2 nitrogen and oxygen atoms in total. The van der Waals surface area contributed by atoms with Gasteiger partial charge in [-0.05, 0) is 38.2 Å². The Bertz CT molecular complexity index is 176. The number of nitrogens with one attached hydrogen (secondary N) is 1. The van der Waals surface area contributed by atoms with Crippen LogP contribution in [-0.2, 0) is 0 Å². The summed E-state index contributed by atoms with van der Waals surface area (Å²) >= 11 is 0. The predicted molar refractivity (Wildman–Crippen MR) is 46.3 cm³/mol. The number of piperidine rings is 1. The lowest BCUT2D eigenvalue weighted by molar-refractivity contribution is 0.150. The van der Waals surface area contributed by atoms with Gasteiger partial charge < -0.3 is 5.32 Å². The third-order valence-corrected chi connectivity index (χ3v) is 3.01. The fraction of sp³-hybridized carbons (Fsp3) is 0.778. The summed E-state index contributed by atoms with van der Waals surface area (Å²) in [5, 5.41) is 3.42. The minimum absolute atomic E-state index is 0.652. The molecule has 2 aliphatic rings. The van der Waals surface area contributed by atoms with Crippen LogP contribution >= 0.6 is 0 Å². The monoisotopic (exact) mass is 152 g/mol. The van der Waals surface area contributed by atoms with Gasteiger partial charge in [0.25, 0.3) is 0 Å². The van der Waals surface area contributed by atoms with E-state index in [1.54, 1.807) is 0 Å². The lowest BCUT2D eigenvalue weighted by Crippen LogP contribution is -2.51. The van der Waals surface area contributed by atoms with Gasteiger partial charge >= 0.3 is 0 Å². The Balaban J connectivity index is 2.12. The maximum atomic E-state index is 3.42. The first-order valence-corrected chi connectivity index (χ1v) is 4.42. The third-order valence-electron chi connectivity index (χ3n) is 3.01. The minimum atomic E-state index is 0.652. The SMILES string of the molecule is CC1CCN(C)C2C=CNC12. The molecule has 0 aromatic carbocycles. The van der Waals surface area contributed by atoms with Crippen molar-refractivity contribution in [3.63, 3.8) is 0 Å². The minimum Gasteiger partial charge on any atom is -0.386 e. The fourth-order valence-electron chi connectivity index (χ4n) is 2.14. The molecule has 1 N–H and O–H groups in total. The number of fused-ring (bicyclic) bond motifs is 1. The average molecular weight is 152 g/mol. The zero-order chi connectivity index (χ0) is 7.84. The molecule has 62 valence electrons. The standard InChI is InChI=1S/C9H16N2/c1-7-4-6-11(2)8-3-5-10-9(7)8/h3,5,7-10H,4,6H2,1-2H3. The summed E-state index contributed by atoms with van der Waals surface area (Å²) in [5.74, 6) is 0.825. The number of likely N-dealkylation sites (N-methyl/N-ethyl adjacent to an activating group) is 1. The highest BCUT2D eigenvalue weighted by Gasteiger charge is 2.34. The number of nitrogens with zero attached hydrogens (tertiary/aromatic N) is 1. The van der Waals surface area contributed by atoms with Crippen LogP contribution in [0.15, 0.2) is 12.3 Å². The van der Waals surface area contributed by atoms with Gasteiger partial charge in [0.1, 0.15) is 0 Å². The molecule has 0 aromatic heterocycles. The second kappa shape index (κ2) is 2.52. The zero-order valence-electron chi connectivity index (χ0n) is 7.25. The summed E-state index contributed by atoms with van der Waals surface area (Å²) in [6.45, 7) is 3.58. The fourth-order valence-corrected chi connectivity index (χ4v) is 2.14. The van der Waals surface area contributed by atoms with Crippen LogP contribution in [0.4, 0.5) is 0 Å². The molecule has 3 unspecified atom stereocenters. The molecular weight excluding hydrogens is 136 g/mol. The van der Waals surface area contributed by atoms with Crippen LogP contribution < -0.4 is 5.32 Å². The van der Waals surface area contributed by atoms with Gasteiger partial charge in [0.2, 0.25) is 0 Å². The molecule has 0 saturated carbocycles. The molecule has 2 aliphatic heterocycles. The van der Waals surface area contributed by atoms with Crippen LogP contribution in [0.5, 0.6) is 0 Å². The van der Waals surface area contributed by atoms with Crippen molar-refractivity contribution in [2.24, 2.45) is 5.92 Å². The first kappa shape index (κ1) is 7.17. The molecule has 0 spiro atoms. The molecule has 2 heteroatoms. The van der Waals surface area contributed by atoms with Gasteiger partial charge in [0, 0.05) is 12.1 Å². The normalized spacial score (nSPS) is 43.6. The maximum absolute atomic E-state index is 3.42. The lowest BCUT2D eigenvalue weighted by atomic mass is 9.89. The van der Waals surface area contributed by atoms with E-state index in [1.807, 2.05) is 0 Å². The molecule has 0 amide bonds. The highest BCUT2D eigenvalue weighted by atomic mass is 15.2. The Morgan fingerprint density at radius 1 is 1.55 bits per heavy atom. The van der Waals surface area contributed by atoms with Crippen molar-refractivity contribution in [3.8, 4) is 0 Å². The highest BCUT2D eigenvalue weighted by Crippen LogP contribution is 2.25. The van der Waals surface area contributed by atoms with E-state index in [0.29, 0.717) is 12.1 Å². The van der Waals surface area contributed by atoms with E-state index in [-0.39, 0.29) is 0 Å². The van der Waals surface area contributed by atoms with Crippen molar-refractivity contribution in [3.05, 3.63) is 12.3 Å². The quantitative estimate of drug-likeness (QED) is 0.552. The molecule has 1 fully saturated rings. The van der Waals surface area contributed by atoms with Gasteiger partial charge in [0.05, 0.1) is 0 Å². The Morgan fingerprint density at radius 3 is 3.09 bits per heavy atom. The molecule has 0 aliphatic carbocycles. The largest absolute Gasteiger partial charge is 0.386 e. The molecule has 0 aromatic rings. The number of hydrogen-bond donors (Lipinski definition) is 1. The predicted octanol–water partition coefficient (Wildman–Crippen LogP) is 0.812. The highest BCUT2D eigenvalue weighted by molar-refractivity contribution is 5.10. The van der Waals surface area contributed by atoms with E-state index in [4.69, 9.17) is 0 Å². The van der Waals surface area contributed by atoms with Gasteiger partial charge in [-0.3, -0.25) is 4.90 Å². The average Bonchev–Trinajstić information content (AvgIpc) is 2.45. The lowest BCUT2D eigenvalue weighted by Gasteiger charge is -2.38. The van der Waals surface area contributed by atoms with E-state index in [2.05, 4.69) is 36.5 Å². The third kappa shape index (κ3) is 1.06.